The van der Waals surface area contributed by atoms with Gasteiger partial charge in [0.1, 0.15) is 0 Å². The van der Waals surface area contributed by atoms with E-state index in [1.807, 2.05) is 0 Å². The van der Waals surface area contributed by atoms with Crippen LogP contribution in [0.3, 0.4) is 0 Å². The van der Waals surface area contributed by atoms with E-state index in [9.17, 15) is 0 Å². The van der Waals surface area contributed by atoms with Gasteiger partial charge in [0.25, 0.3) is 0 Å². The van der Waals surface area contributed by atoms with Crippen LogP contribution in [0.4, 0.5) is 0 Å². The maximum absolute atomic E-state index is 2.46. The summed E-state index contributed by atoms with van der Waals surface area (Å²) in [6, 6.07) is 16.1. The number of rotatable bonds is 0. The topological polar surface area (TPSA) is 0 Å². The molecule has 0 saturated heterocycles. The second-order valence-electron chi connectivity index (χ2n) is 8.83. The molecule has 30 heavy (non-hydrogen) atoms. The van der Waals surface area contributed by atoms with Gasteiger partial charge in [-0.15, -0.1) is 0 Å². The first-order valence-corrected chi connectivity index (χ1v) is 12.4. The molecule has 0 fully saturated rings. The van der Waals surface area contributed by atoms with E-state index < -0.39 is 0 Å². The van der Waals surface area contributed by atoms with Crippen LogP contribution in [0.15, 0.2) is 42.5 Å². The van der Waals surface area contributed by atoms with Crippen molar-refractivity contribution >= 4 is 34.7 Å². The molecule has 0 aliphatic carbocycles. The normalized spacial score (nSPS) is 12.4. The Kier molecular flexibility index (Phi) is 4.47. The van der Waals surface area contributed by atoms with Crippen LogP contribution in [-0.4, -0.2) is 15.0 Å². The van der Waals surface area contributed by atoms with Crippen molar-refractivity contribution in [1.29, 1.82) is 0 Å². The molecule has 1 heteroatoms. The van der Waals surface area contributed by atoms with Crippen LogP contribution in [-0.2, 0) is 0 Å². The molecule has 4 aromatic rings. The zero-order chi connectivity index (χ0) is 21.3. The molecule has 0 N–H and O–H groups in total. The fourth-order valence-corrected chi connectivity index (χ4v) is 7.90. The van der Waals surface area contributed by atoms with Gasteiger partial charge in [0.2, 0.25) is 0 Å². The zero-order valence-corrected chi connectivity index (χ0v) is 20.7. The van der Waals surface area contributed by atoms with Crippen LogP contribution in [0.2, 0.25) is 0 Å². The summed E-state index contributed by atoms with van der Waals surface area (Å²) < 4.78 is 3.07. The van der Waals surface area contributed by atoms with Crippen molar-refractivity contribution < 1.29 is 0 Å². The fourth-order valence-electron chi connectivity index (χ4n) is 5.14. The first kappa shape index (κ1) is 19.6. The number of hydrogen-bond acceptors (Lipinski definition) is 0. The minimum atomic E-state index is 0.293. The quantitative estimate of drug-likeness (QED) is 0.240. The Labute approximate surface area is 186 Å². The van der Waals surface area contributed by atoms with Crippen LogP contribution in [0.5, 0.6) is 0 Å². The van der Waals surface area contributed by atoms with Gasteiger partial charge in [0.05, 0.1) is 0 Å². The van der Waals surface area contributed by atoms with E-state index in [0.717, 1.165) is 0 Å². The van der Waals surface area contributed by atoms with E-state index in [2.05, 4.69) is 90.9 Å². The molecule has 0 spiro atoms. The van der Waals surface area contributed by atoms with Gasteiger partial charge in [0, 0.05) is 0 Å². The Balaban J connectivity index is 2.07. The summed E-state index contributed by atoms with van der Waals surface area (Å²) in [5.74, 6) is 0. The predicted octanol–water partition coefficient (Wildman–Crippen LogP) is 6.30. The molecule has 0 aromatic heterocycles. The molecule has 0 amide bonds. The predicted molar refractivity (Wildman–Crippen MR) is 133 cm³/mol. The molecule has 150 valence electrons. The van der Waals surface area contributed by atoms with Gasteiger partial charge in [0.15, 0.2) is 0 Å². The fraction of sp³-hybridized carbons (Fsp3) is 0.241. The van der Waals surface area contributed by atoms with E-state index in [1.54, 1.807) is 4.46 Å². The van der Waals surface area contributed by atoms with Crippen LogP contribution in [0.25, 0.3) is 33.0 Å². The van der Waals surface area contributed by atoms with Gasteiger partial charge in [-0.05, 0) is 0 Å². The Bertz CT molecular complexity index is 1370. The molecule has 5 rings (SSSR count). The van der Waals surface area contributed by atoms with Crippen molar-refractivity contribution in [3.8, 4) is 22.3 Å². The van der Waals surface area contributed by atoms with Crippen molar-refractivity contribution in [2.75, 3.05) is 0 Å². The second kappa shape index (κ2) is 6.84. The third kappa shape index (κ3) is 2.59. The van der Waals surface area contributed by atoms with Crippen molar-refractivity contribution in [2.24, 2.45) is 0 Å². The van der Waals surface area contributed by atoms with Crippen molar-refractivity contribution in [2.45, 2.75) is 48.5 Å². The molecule has 1 aliphatic heterocycles. The molecular weight excluding hydrogens is 427 g/mol. The molecule has 0 radical (unpaired) electrons. The summed E-state index contributed by atoms with van der Waals surface area (Å²) in [6.45, 7) is 16.1. The molecular formula is C29H28Se. The molecule has 0 saturated carbocycles. The van der Waals surface area contributed by atoms with Gasteiger partial charge in [-0.1, -0.05) is 0 Å². The molecule has 0 bridgehead atoms. The average Bonchev–Trinajstić information content (AvgIpc) is 2.88. The van der Waals surface area contributed by atoms with Gasteiger partial charge < -0.3 is 0 Å². The second-order valence-corrected chi connectivity index (χ2v) is 11.0. The number of benzene rings is 4. The maximum atomic E-state index is 2.46. The average molecular weight is 456 g/mol. The number of hydrogen-bond donors (Lipinski definition) is 0. The first-order valence-electron chi connectivity index (χ1n) is 10.7. The Hall–Kier alpha value is -2.34. The van der Waals surface area contributed by atoms with Gasteiger partial charge in [-0.2, -0.15) is 0 Å². The third-order valence-corrected chi connectivity index (χ3v) is 10.1. The Morgan fingerprint density at radius 3 is 2.03 bits per heavy atom. The molecule has 0 unspecified atom stereocenters. The van der Waals surface area contributed by atoms with Crippen molar-refractivity contribution in [3.63, 3.8) is 0 Å². The zero-order valence-electron chi connectivity index (χ0n) is 18.9. The standard InChI is InChI=1S/C29H28Se/c1-15-12-13-22-14-24-23-10-8-9-11-25(23)30-29-20(6)18(4)17(3)19(5)28(29)27(24)21(7)26(22)16(15)2/h8-14H,1-7H3. The van der Waals surface area contributed by atoms with E-state index in [-0.39, 0.29) is 0 Å². The molecule has 1 heterocycles. The van der Waals surface area contributed by atoms with Crippen LogP contribution >= 0.6 is 0 Å². The van der Waals surface area contributed by atoms with E-state index in [4.69, 9.17) is 0 Å². The van der Waals surface area contributed by atoms with E-state index in [0.29, 0.717) is 15.0 Å². The Morgan fingerprint density at radius 2 is 1.27 bits per heavy atom. The summed E-state index contributed by atoms with van der Waals surface area (Å²) in [6.07, 6.45) is 0. The Morgan fingerprint density at radius 1 is 0.567 bits per heavy atom. The summed E-state index contributed by atoms with van der Waals surface area (Å²) in [7, 11) is 0. The monoisotopic (exact) mass is 456 g/mol. The van der Waals surface area contributed by atoms with Crippen LogP contribution in [0.1, 0.15) is 38.9 Å². The van der Waals surface area contributed by atoms with Crippen molar-refractivity contribution in [3.05, 3.63) is 81.4 Å². The molecule has 1 aliphatic rings. The molecule has 0 atom stereocenters. The van der Waals surface area contributed by atoms with Gasteiger partial charge in [-0.3, -0.25) is 0 Å². The minimum absolute atomic E-state index is 0.293. The van der Waals surface area contributed by atoms with Crippen LogP contribution < -0.4 is 8.92 Å². The summed E-state index contributed by atoms with van der Waals surface area (Å²) in [5.41, 5.74) is 15.8. The van der Waals surface area contributed by atoms with Crippen LogP contribution in [0, 0.1) is 48.5 Å². The molecule has 4 aromatic carbocycles. The van der Waals surface area contributed by atoms with Crippen molar-refractivity contribution in [1.82, 2.24) is 0 Å². The van der Waals surface area contributed by atoms with E-state index >= 15 is 0 Å². The SMILES string of the molecule is Cc1ccc2cc3c(c(C)c2c1C)-c1c(C)c(C)c(C)c(C)c1[Se]c1ccccc1-3. The summed E-state index contributed by atoms with van der Waals surface area (Å²) in [4.78, 5) is 0. The first-order chi connectivity index (χ1) is 14.3. The van der Waals surface area contributed by atoms with Gasteiger partial charge >= 0.3 is 187 Å². The van der Waals surface area contributed by atoms with E-state index in [1.165, 1.54) is 76.4 Å². The third-order valence-electron chi connectivity index (χ3n) is 7.36. The van der Waals surface area contributed by atoms with Gasteiger partial charge in [-0.25, -0.2) is 0 Å². The summed E-state index contributed by atoms with van der Waals surface area (Å²) >= 11 is 0.293. The summed E-state index contributed by atoms with van der Waals surface area (Å²) in [5, 5.41) is 2.79. The number of fused-ring (bicyclic) bond motifs is 6. The number of aryl methyl sites for hydroxylation is 3. The molecule has 0 nitrogen and oxygen atoms in total.